The van der Waals surface area contributed by atoms with Gasteiger partial charge in [-0.15, -0.1) is 0 Å². The largest absolute Gasteiger partial charge is 0.462 e. The summed E-state index contributed by atoms with van der Waals surface area (Å²) < 4.78 is 17.1. The second-order valence-electron chi connectivity index (χ2n) is 12.7. The summed E-state index contributed by atoms with van der Waals surface area (Å²) in [7, 11) is 0. The van der Waals surface area contributed by atoms with Crippen LogP contribution < -0.4 is 0 Å². The van der Waals surface area contributed by atoms with E-state index in [9.17, 15) is 34.5 Å². The summed E-state index contributed by atoms with van der Waals surface area (Å²) in [6.07, 6.45) is -3.94. The first-order valence-corrected chi connectivity index (χ1v) is 14.4. The number of aliphatic hydroxyl groups is 3. The minimum absolute atomic E-state index is 0.105. The fourth-order valence-corrected chi connectivity index (χ4v) is 5.57. The van der Waals surface area contributed by atoms with Crippen molar-refractivity contribution in [1.29, 1.82) is 0 Å². The Morgan fingerprint density at radius 2 is 1.63 bits per heavy atom. The Hall–Kier alpha value is -2.56. The molecule has 0 spiro atoms. The van der Waals surface area contributed by atoms with Crippen LogP contribution in [0.5, 0.6) is 0 Å². The summed E-state index contributed by atoms with van der Waals surface area (Å²) >= 11 is 0. The molecule has 10 heteroatoms. The normalized spacial score (nSPS) is 36.5. The van der Waals surface area contributed by atoms with Gasteiger partial charge in [0.1, 0.15) is 17.8 Å². The molecule has 2 rings (SSSR count). The van der Waals surface area contributed by atoms with Crippen molar-refractivity contribution in [2.45, 2.75) is 111 Å². The highest BCUT2D eigenvalue weighted by Gasteiger charge is 2.61. The molecule has 0 bridgehead atoms. The van der Waals surface area contributed by atoms with Crippen LogP contribution in [0.25, 0.3) is 0 Å². The van der Waals surface area contributed by atoms with Crippen LogP contribution in [0.15, 0.2) is 24.3 Å². The highest BCUT2D eigenvalue weighted by Crippen LogP contribution is 2.48. The minimum atomic E-state index is -2.14. The van der Waals surface area contributed by atoms with Crippen LogP contribution in [0.2, 0.25) is 0 Å². The summed E-state index contributed by atoms with van der Waals surface area (Å²) in [5.74, 6) is -6.57. The van der Waals surface area contributed by atoms with Crippen molar-refractivity contribution in [2.24, 2.45) is 35.0 Å². The Labute approximate surface area is 243 Å². The standard InChI is InChI=1S/C31H48O10/c1-11-16(4)29(37)41-25-24(40-28(36)15(2)3)19(7)22(33)21-23(39-20(8)32)18(6)14-31(21,38)26(34)17(5)12-13-30(9,10)27(25)35/h12-13,15-18,21-25,27,33,35,38H,7,11,14H2,1-6,8-10H3. The quantitative estimate of drug-likeness (QED) is 0.242. The number of allylic oxidation sites excluding steroid dienone is 1. The molecule has 0 radical (unpaired) electrons. The van der Waals surface area contributed by atoms with E-state index >= 15 is 0 Å². The molecule has 10 atom stereocenters. The number of hydrogen-bond donors (Lipinski definition) is 3. The third-order valence-electron chi connectivity index (χ3n) is 8.50. The smallest absolute Gasteiger partial charge is 0.309 e. The number of ketones is 1. The number of hydrogen-bond acceptors (Lipinski definition) is 10. The summed E-state index contributed by atoms with van der Waals surface area (Å²) in [5, 5.41) is 35.4. The van der Waals surface area contributed by atoms with Gasteiger partial charge in [0.25, 0.3) is 0 Å². The zero-order chi connectivity index (χ0) is 31.6. The molecule has 0 aliphatic heterocycles. The molecule has 0 aromatic rings. The van der Waals surface area contributed by atoms with Gasteiger partial charge in [-0.1, -0.05) is 74.1 Å². The zero-order valence-electron chi connectivity index (χ0n) is 25.7. The summed E-state index contributed by atoms with van der Waals surface area (Å²) in [5.41, 5.74) is -3.48. The maximum atomic E-state index is 13.8. The van der Waals surface area contributed by atoms with Gasteiger partial charge < -0.3 is 29.5 Å². The molecule has 41 heavy (non-hydrogen) atoms. The average Bonchev–Trinajstić information content (AvgIpc) is 3.15. The van der Waals surface area contributed by atoms with Gasteiger partial charge in [0.2, 0.25) is 0 Å². The fraction of sp³-hybridized carbons (Fsp3) is 0.742. The van der Waals surface area contributed by atoms with Gasteiger partial charge in [0.05, 0.1) is 23.9 Å². The Kier molecular flexibility index (Phi) is 11.1. The lowest BCUT2D eigenvalue weighted by Crippen LogP contribution is -2.57. The molecule has 10 nitrogen and oxygen atoms in total. The Morgan fingerprint density at radius 3 is 2.15 bits per heavy atom. The van der Waals surface area contributed by atoms with E-state index in [1.54, 1.807) is 61.5 Å². The molecule has 0 aromatic heterocycles. The van der Waals surface area contributed by atoms with E-state index in [-0.39, 0.29) is 12.0 Å². The molecular formula is C31H48O10. The van der Waals surface area contributed by atoms with Crippen molar-refractivity contribution in [2.75, 3.05) is 0 Å². The number of esters is 3. The van der Waals surface area contributed by atoms with Crippen LogP contribution in [-0.4, -0.2) is 75.1 Å². The van der Waals surface area contributed by atoms with Crippen molar-refractivity contribution in [3.05, 3.63) is 24.3 Å². The molecule has 2 aliphatic carbocycles. The number of fused-ring (bicyclic) bond motifs is 1. The zero-order valence-corrected chi connectivity index (χ0v) is 25.7. The molecule has 0 aromatic carbocycles. The Bertz CT molecular complexity index is 1050. The van der Waals surface area contributed by atoms with Crippen LogP contribution in [-0.2, 0) is 33.4 Å². The lowest BCUT2D eigenvalue weighted by atomic mass is 9.72. The molecule has 1 fully saturated rings. The minimum Gasteiger partial charge on any atom is -0.462 e. The van der Waals surface area contributed by atoms with E-state index in [0.29, 0.717) is 6.42 Å². The third kappa shape index (κ3) is 7.27. The molecule has 2 aliphatic rings. The predicted octanol–water partition coefficient (Wildman–Crippen LogP) is 2.91. The van der Waals surface area contributed by atoms with Crippen molar-refractivity contribution in [3.8, 4) is 0 Å². The first-order valence-electron chi connectivity index (χ1n) is 14.4. The maximum Gasteiger partial charge on any atom is 0.309 e. The van der Waals surface area contributed by atoms with Gasteiger partial charge >= 0.3 is 17.9 Å². The molecule has 10 unspecified atom stereocenters. The monoisotopic (exact) mass is 580 g/mol. The SMILES string of the molecule is C=C1C(O)C2C(OC(C)=O)C(C)CC2(O)C(=O)C(C)C=CC(C)(C)C(O)C(OC(=O)C(C)CC)C1OC(=O)C(C)C. The van der Waals surface area contributed by atoms with Crippen LogP contribution in [0, 0.1) is 35.0 Å². The van der Waals surface area contributed by atoms with Gasteiger partial charge in [-0.05, 0) is 24.3 Å². The second kappa shape index (κ2) is 13.2. The summed E-state index contributed by atoms with van der Waals surface area (Å²) in [6, 6.07) is 0. The average molecular weight is 581 g/mol. The van der Waals surface area contributed by atoms with Crippen molar-refractivity contribution >= 4 is 23.7 Å². The molecular weight excluding hydrogens is 532 g/mol. The van der Waals surface area contributed by atoms with Crippen LogP contribution in [0.1, 0.15) is 75.2 Å². The molecule has 232 valence electrons. The van der Waals surface area contributed by atoms with Crippen LogP contribution >= 0.6 is 0 Å². The van der Waals surface area contributed by atoms with E-state index in [0.717, 1.165) is 0 Å². The highest BCUT2D eigenvalue weighted by atomic mass is 16.6. The number of carbonyl (C=O) groups is 4. The number of carbonyl (C=O) groups excluding carboxylic acids is 4. The second-order valence-corrected chi connectivity index (χ2v) is 12.7. The van der Waals surface area contributed by atoms with Gasteiger partial charge in [-0.2, -0.15) is 0 Å². The third-order valence-corrected chi connectivity index (χ3v) is 8.50. The molecule has 3 N–H and O–H groups in total. The number of aliphatic hydroxyl groups excluding tert-OH is 2. The van der Waals surface area contributed by atoms with E-state index in [1.807, 2.05) is 0 Å². The first kappa shape index (κ1) is 34.6. The van der Waals surface area contributed by atoms with E-state index in [2.05, 4.69) is 6.58 Å². The highest BCUT2D eigenvalue weighted by molar-refractivity contribution is 5.91. The number of rotatable bonds is 6. The Balaban J connectivity index is 2.85. The lowest BCUT2D eigenvalue weighted by Gasteiger charge is -2.42. The number of ether oxygens (including phenoxy) is 3. The molecule has 0 amide bonds. The lowest BCUT2D eigenvalue weighted by molar-refractivity contribution is -0.186. The van der Waals surface area contributed by atoms with Gasteiger partial charge in [-0.25, -0.2) is 0 Å². The predicted molar refractivity (Wildman–Crippen MR) is 150 cm³/mol. The van der Waals surface area contributed by atoms with Crippen molar-refractivity contribution < 1.29 is 48.7 Å². The summed E-state index contributed by atoms with van der Waals surface area (Å²) in [4.78, 5) is 51.8. The van der Waals surface area contributed by atoms with Crippen LogP contribution in [0.4, 0.5) is 0 Å². The van der Waals surface area contributed by atoms with Crippen molar-refractivity contribution in [1.82, 2.24) is 0 Å². The number of Topliss-reactive ketones (excluding diaryl/α,β-unsaturated/α-hetero) is 1. The van der Waals surface area contributed by atoms with Gasteiger partial charge in [-0.3, -0.25) is 19.2 Å². The van der Waals surface area contributed by atoms with E-state index < -0.39 is 94.8 Å². The Morgan fingerprint density at radius 1 is 1.05 bits per heavy atom. The first-order chi connectivity index (χ1) is 18.8. The van der Waals surface area contributed by atoms with E-state index in [1.165, 1.54) is 13.0 Å². The van der Waals surface area contributed by atoms with Gasteiger partial charge in [0, 0.05) is 18.3 Å². The molecule has 0 saturated heterocycles. The topological polar surface area (TPSA) is 157 Å². The van der Waals surface area contributed by atoms with Crippen molar-refractivity contribution in [3.63, 3.8) is 0 Å². The summed E-state index contributed by atoms with van der Waals surface area (Å²) in [6.45, 7) is 18.4. The molecule has 1 saturated carbocycles. The fourth-order valence-electron chi connectivity index (χ4n) is 5.57. The van der Waals surface area contributed by atoms with Gasteiger partial charge in [0.15, 0.2) is 18.0 Å². The van der Waals surface area contributed by atoms with Crippen LogP contribution in [0.3, 0.4) is 0 Å². The van der Waals surface area contributed by atoms with E-state index in [4.69, 9.17) is 14.2 Å². The maximum absolute atomic E-state index is 13.8. The molecule has 0 heterocycles.